The van der Waals surface area contributed by atoms with Crippen LogP contribution in [0.4, 0.5) is 17.1 Å². The van der Waals surface area contributed by atoms with Crippen LogP contribution in [0.5, 0.6) is 5.75 Å². The topological polar surface area (TPSA) is 47.3 Å². The third-order valence-electron chi connectivity index (χ3n) is 2.46. The van der Waals surface area contributed by atoms with Gasteiger partial charge in [0.1, 0.15) is 5.75 Å². The molecule has 0 fully saturated rings. The second-order valence-electron chi connectivity index (χ2n) is 3.81. The molecule has 0 saturated heterocycles. The molecule has 4 heteroatoms. The van der Waals surface area contributed by atoms with Crippen molar-refractivity contribution in [2.75, 3.05) is 17.7 Å². The van der Waals surface area contributed by atoms with E-state index >= 15 is 0 Å². The molecule has 0 amide bonds. The second-order valence-corrected chi connectivity index (χ2v) is 4.25. The van der Waals surface area contributed by atoms with Crippen molar-refractivity contribution in [1.29, 1.82) is 0 Å². The lowest BCUT2D eigenvalue weighted by Crippen LogP contribution is -1.96. The molecular formula is C14H15ClN2O. The van der Waals surface area contributed by atoms with Crippen molar-refractivity contribution in [2.24, 2.45) is 0 Å². The van der Waals surface area contributed by atoms with Gasteiger partial charge in [-0.25, -0.2) is 0 Å². The lowest BCUT2D eigenvalue weighted by Gasteiger charge is -2.10. The van der Waals surface area contributed by atoms with Crippen molar-refractivity contribution < 1.29 is 4.74 Å². The number of benzene rings is 2. The molecule has 2 aromatic carbocycles. The van der Waals surface area contributed by atoms with Gasteiger partial charge in [-0.1, -0.05) is 11.6 Å². The molecule has 2 rings (SSSR count). The van der Waals surface area contributed by atoms with Crippen molar-refractivity contribution in [1.82, 2.24) is 0 Å². The Kier molecular flexibility index (Phi) is 3.95. The fourth-order valence-electron chi connectivity index (χ4n) is 1.59. The summed E-state index contributed by atoms with van der Waals surface area (Å²) in [7, 11) is 0. The highest BCUT2D eigenvalue weighted by atomic mass is 35.5. The average molecular weight is 263 g/mol. The van der Waals surface area contributed by atoms with E-state index in [1.807, 2.05) is 31.2 Å². The van der Waals surface area contributed by atoms with Crippen LogP contribution in [0.15, 0.2) is 42.5 Å². The zero-order valence-electron chi connectivity index (χ0n) is 10.1. The minimum absolute atomic E-state index is 0.651. The molecule has 0 aliphatic heterocycles. The van der Waals surface area contributed by atoms with Crippen LogP contribution in [0.3, 0.4) is 0 Å². The summed E-state index contributed by atoms with van der Waals surface area (Å²) >= 11 is 5.93. The third-order valence-corrected chi connectivity index (χ3v) is 2.69. The highest BCUT2D eigenvalue weighted by Gasteiger charge is 2.01. The fraction of sp³-hybridized carbons (Fsp3) is 0.143. The molecular weight excluding hydrogens is 248 g/mol. The number of hydrogen-bond acceptors (Lipinski definition) is 3. The number of hydrogen-bond donors (Lipinski definition) is 2. The lowest BCUT2D eigenvalue weighted by atomic mass is 10.2. The van der Waals surface area contributed by atoms with Crippen molar-refractivity contribution in [3.05, 3.63) is 47.5 Å². The molecule has 0 aromatic heterocycles. The van der Waals surface area contributed by atoms with Crippen LogP contribution in [-0.4, -0.2) is 6.61 Å². The number of nitrogen functional groups attached to an aromatic ring is 1. The Morgan fingerprint density at radius 3 is 2.56 bits per heavy atom. The first-order chi connectivity index (χ1) is 8.69. The second kappa shape index (κ2) is 5.65. The Morgan fingerprint density at radius 1 is 1.17 bits per heavy atom. The van der Waals surface area contributed by atoms with E-state index in [0.717, 1.165) is 17.1 Å². The smallest absolute Gasteiger partial charge is 0.119 e. The van der Waals surface area contributed by atoms with Crippen LogP contribution in [0.2, 0.25) is 5.02 Å². The zero-order chi connectivity index (χ0) is 13.0. The minimum atomic E-state index is 0.651. The van der Waals surface area contributed by atoms with Gasteiger partial charge in [-0.2, -0.15) is 0 Å². The van der Waals surface area contributed by atoms with Gasteiger partial charge in [0.2, 0.25) is 0 Å². The Labute approximate surface area is 112 Å². The predicted octanol–water partition coefficient (Wildman–Crippen LogP) is 4.06. The molecule has 0 heterocycles. The van der Waals surface area contributed by atoms with E-state index in [4.69, 9.17) is 22.1 Å². The molecule has 2 aromatic rings. The number of ether oxygens (including phenoxy) is 1. The van der Waals surface area contributed by atoms with Crippen LogP contribution in [0.25, 0.3) is 0 Å². The molecule has 0 unspecified atom stereocenters. The van der Waals surface area contributed by atoms with Crippen LogP contribution < -0.4 is 15.8 Å². The first kappa shape index (κ1) is 12.6. The van der Waals surface area contributed by atoms with E-state index in [1.165, 1.54) is 0 Å². The summed E-state index contributed by atoms with van der Waals surface area (Å²) in [5, 5.41) is 3.87. The summed E-state index contributed by atoms with van der Waals surface area (Å²) < 4.78 is 5.38. The van der Waals surface area contributed by atoms with Gasteiger partial charge in [0, 0.05) is 10.7 Å². The molecule has 0 aliphatic rings. The van der Waals surface area contributed by atoms with Crippen LogP contribution in [0, 0.1) is 0 Å². The largest absolute Gasteiger partial charge is 0.494 e. The Bertz CT molecular complexity index is 526. The molecule has 0 radical (unpaired) electrons. The summed E-state index contributed by atoms with van der Waals surface area (Å²) in [5.74, 6) is 0.849. The van der Waals surface area contributed by atoms with Crippen LogP contribution in [-0.2, 0) is 0 Å². The number of halogens is 1. The maximum atomic E-state index is 5.93. The van der Waals surface area contributed by atoms with E-state index in [1.54, 1.807) is 18.2 Å². The molecule has 94 valence electrons. The van der Waals surface area contributed by atoms with Gasteiger partial charge in [0.05, 0.1) is 18.0 Å². The van der Waals surface area contributed by atoms with Crippen molar-refractivity contribution in [3.8, 4) is 5.75 Å². The Morgan fingerprint density at radius 2 is 1.89 bits per heavy atom. The fourth-order valence-corrected chi connectivity index (χ4v) is 1.77. The Hall–Kier alpha value is -1.87. The van der Waals surface area contributed by atoms with E-state index in [-0.39, 0.29) is 0 Å². The Balaban J connectivity index is 2.15. The van der Waals surface area contributed by atoms with Gasteiger partial charge < -0.3 is 15.8 Å². The molecule has 0 saturated carbocycles. The van der Waals surface area contributed by atoms with Crippen LogP contribution in [0.1, 0.15) is 6.92 Å². The number of nitrogens with two attached hydrogens (primary N) is 1. The number of rotatable bonds is 4. The third kappa shape index (κ3) is 3.08. The minimum Gasteiger partial charge on any atom is -0.494 e. The molecule has 3 N–H and O–H groups in total. The monoisotopic (exact) mass is 262 g/mol. The average Bonchev–Trinajstić information content (AvgIpc) is 2.37. The van der Waals surface area contributed by atoms with E-state index in [2.05, 4.69) is 5.32 Å². The molecule has 3 nitrogen and oxygen atoms in total. The highest BCUT2D eigenvalue weighted by molar-refractivity contribution is 6.31. The van der Waals surface area contributed by atoms with E-state index < -0.39 is 0 Å². The zero-order valence-corrected chi connectivity index (χ0v) is 10.9. The quantitative estimate of drug-likeness (QED) is 0.817. The molecule has 0 bridgehead atoms. The maximum absolute atomic E-state index is 5.93. The molecule has 0 aliphatic carbocycles. The lowest BCUT2D eigenvalue weighted by molar-refractivity contribution is 0.340. The normalized spacial score (nSPS) is 10.1. The summed E-state index contributed by atoms with van der Waals surface area (Å²) in [4.78, 5) is 0. The van der Waals surface area contributed by atoms with Gasteiger partial charge in [0.15, 0.2) is 0 Å². The van der Waals surface area contributed by atoms with Crippen molar-refractivity contribution in [2.45, 2.75) is 6.92 Å². The number of nitrogens with one attached hydrogen (secondary N) is 1. The summed E-state index contributed by atoms with van der Waals surface area (Å²) in [6, 6.07) is 13.0. The summed E-state index contributed by atoms with van der Waals surface area (Å²) in [5.41, 5.74) is 8.26. The van der Waals surface area contributed by atoms with Crippen molar-refractivity contribution >= 4 is 28.7 Å². The summed E-state index contributed by atoms with van der Waals surface area (Å²) in [6.45, 7) is 2.62. The number of anilines is 3. The predicted molar refractivity (Wildman–Crippen MR) is 76.8 cm³/mol. The van der Waals surface area contributed by atoms with Crippen LogP contribution >= 0.6 is 11.6 Å². The molecule has 18 heavy (non-hydrogen) atoms. The SMILES string of the molecule is CCOc1ccc(Nc2cc(Cl)ccc2N)cc1. The van der Waals surface area contributed by atoms with Crippen molar-refractivity contribution in [3.63, 3.8) is 0 Å². The van der Waals surface area contributed by atoms with E-state index in [9.17, 15) is 0 Å². The maximum Gasteiger partial charge on any atom is 0.119 e. The van der Waals surface area contributed by atoms with Gasteiger partial charge in [-0.3, -0.25) is 0 Å². The first-order valence-electron chi connectivity index (χ1n) is 5.74. The van der Waals surface area contributed by atoms with Gasteiger partial charge in [0.25, 0.3) is 0 Å². The van der Waals surface area contributed by atoms with Gasteiger partial charge in [-0.05, 0) is 49.4 Å². The first-order valence-corrected chi connectivity index (χ1v) is 6.11. The van der Waals surface area contributed by atoms with Gasteiger partial charge >= 0.3 is 0 Å². The standard InChI is InChI=1S/C14H15ClN2O/c1-2-18-12-6-4-11(5-7-12)17-14-9-10(15)3-8-13(14)16/h3-9,17H,2,16H2,1H3. The highest BCUT2D eigenvalue weighted by Crippen LogP contribution is 2.27. The van der Waals surface area contributed by atoms with Gasteiger partial charge in [-0.15, -0.1) is 0 Å². The molecule has 0 atom stereocenters. The van der Waals surface area contributed by atoms with E-state index in [0.29, 0.717) is 17.3 Å². The molecule has 0 spiro atoms. The summed E-state index contributed by atoms with van der Waals surface area (Å²) in [6.07, 6.45) is 0.